The summed E-state index contributed by atoms with van der Waals surface area (Å²) in [7, 11) is 0. The number of Topliss-reactive ketones (excluding diaryl/α,β-unsaturated/α-hetero) is 1. The number of fused-ring (bicyclic) bond motifs is 3. The highest BCUT2D eigenvalue weighted by molar-refractivity contribution is 6.09. The van der Waals surface area contributed by atoms with Gasteiger partial charge in [0.05, 0.1) is 11.8 Å². The van der Waals surface area contributed by atoms with Gasteiger partial charge in [-0.2, -0.15) is 0 Å². The molecule has 9 heteroatoms. The van der Waals surface area contributed by atoms with Crippen LogP contribution in [-0.4, -0.2) is 16.9 Å². The zero-order valence-corrected chi connectivity index (χ0v) is 15.6. The number of phenols is 1. The van der Waals surface area contributed by atoms with Crippen LogP contribution in [0.2, 0.25) is 0 Å². The van der Waals surface area contributed by atoms with Crippen LogP contribution in [0.25, 0.3) is 11.0 Å². The molecule has 0 fully saturated rings. The first-order chi connectivity index (χ1) is 14.1. The molecule has 1 aliphatic rings. The summed E-state index contributed by atoms with van der Waals surface area (Å²) in [4.78, 5) is 36.5. The average Bonchev–Trinajstić information content (AvgIpc) is 2.64. The van der Waals surface area contributed by atoms with Crippen LogP contribution in [0.1, 0.15) is 46.3 Å². The van der Waals surface area contributed by atoms with E-state index in [0.717, 1.165) is 13.0 Å². The molecule has 2 aromatic carbocycles. The van der Waals surface area contributed by atoms with Crippen molar-refractivity contribution < 1.29 is 37.0 Å². The van der Waals surface area contributed by atoms with E-state index < -0.39 is 52.9 Å². The fraction of sp³-hybridized carbons (Fsp3) is 0.190. The maximum absolute atomic E-state index is 13.9. The molecule has 1 aliphatic heterocycles. The minimum atomic E-state index is -1.68. The number of halogens is 3. The first-order valence-electron chi connectivity index (χ1n) is 8.79. The molecule has 2 heterocycles. The number of hydrogen-bond donors (Lipinski definition) is 1. The number of aromatic hydroxyl groups is 1. The van der Waals surface area contributed by atoms with Crippen molar-refractivity contribution in [1.82, 2.24) is 0 Å². The van der Waals surface area contributed by atoms with Crippen LogP contribution in [0, 0.1) is 24.4 Å². The Bertz CT molecular complexity index is 1300. The van der Waals surface area contributed by atoms with E-state index in [2.05, 4.69) is 0 Å². The van der Waals surface area contributed by atoms with Crippen LogP contribution in [0.3, 0.4) is 0 Å². The van der Waals surface area contributed by atoms with E-state index in [-0.39, 0.29) is 39.0 Å². The van der Waals surface area contributed by atoms with Crippen molar-refractivity contribution in [3.8, 4) is 11.5 Å². The van der Waals surface area contributed by atoms with Gasteiger partial charge in [-0.1, -0.05) is 0 Å². The lowest BCUT2D eigenvalue weighted by Gasteiger charge is -2.28. The van der Waals surface area contributed by atoms with Crippen molar-refractivity contribution in [2.75, 3.05) is 0 Å². The molecule has 0 spiro atoms. The molecule has 154 valence electrons. The number of aryl methyl sites for hydroxylation is 1. The second-order valence-corrected chi connectivity index (χ2v) is 7.00. The molecule has 1 aromatic heterocycles. The molecule has 0 aliphatic carbocycles. The minimum absolute atomic E-state index is 0.0150. The molecule has 30 heavy (non-hydrogen) atoms. The molecule has 0 unspecified atom stereocenters. The minimum Gasteiger partial charge on any atom is -0.506 e. The lowest BCUT2D eigenvalue weighted by molar-refractivity contribution is -0.135. The number of phenolic OH excluding ortho intramolecular Hbond substituents is 1. The third kappa shape index (κ3) is 2.85. The number of ether oxygens (including phenoxy) is 1. The van der Waals surface area contributed by atoms with E-state index in [9.17, 15) is 32.7 Å². The van der Waals surface area contributed by atoms with Crippen LogP contribution in [-0.2, 0) is 4.79 Å². The molecule has 0 bridgehead atoms. The Morgan fingerprint density at radius 1 is 1.13 bits per heavy atom. The van der Waals surface area contributed by atoms with Gasteiger partial charge in [-0.05, 0) is 37.1 Å². The molecule has 4 rings (SSSR count). The second kappa shape index (κ2) is 6.72. The first kappa shape index (κ1) is 19.7. The monoisotopic (exact) mass is 418 g/mol. The summed E-state index contributed by atoms with van der Waals surface area (Å²) in [6.07, 6.45) is -0.424. The van der Waals surface area contributed by atoms with Gasteiger partial charge in [0, 0.05) is 17.5 Å². The van der Waals surface area contributed by atoms with Gasteiger partial charge in [-0.15, -0.1) is 0 Å². The maximum atomic E-state index is 13.9. The zero-order valence-electron chi connectivity index (χ0n) is 15.6. The molecule has 0 saturated carbocycles. The Kier molecular flexibility index (Phi) is 4.41. The van der Waals surface area contributed by atoms with Gasteiger partial charge in [-0.25, -0.2) is 18.0 Å². The van der Waals surface area contributed by atoms with E-state index in [0.29, 0.717) is 12.1 Å². The Morgan fingerprint density at radius 2 is 1.77 bits per heavy atom. The van der Waals surface area contributed by atoms with Crippen molar-refractivity contribution in [1.29, 1.82) is 0 Å². The predicted molar refractivity (Wildman–Crippen MR) is 97.3 cm³/mol. The summed E-state index contributed by atoms with van der Waals surface area (Å²) in [6, 6.07) is 2.52. The average molecular weight is 418 g/mol. The quantitative estimate of drug-likeness (QED) is 0.223. The van der Waals surface area contributed by atoms with Crippen molar-refractivity contribution in [2.24, 2.45) is 0 Å². The highest BCUT2D eigenvalue weighted by Crippen LogP contribution is 2.49. The highest BCUT2D eigenvalue weighted by atomic mass is 19.2. The topological polar surface area (TPSA) is 93.8 Å². The molecule has 1 atom stereocenters. The van der Waals surface area contributed by atoms with E-state index in [4.69, 9.17) is 9.15 Å². The van der Waals surface area contributed by atoms with E-state index in [1.54, 1.807) is 0 Å². The molecular formula is C21H13F3O6. The largest absolute Gasteiger partial charge is 0.506 e. The summed E-state index contributed by atoms with van der Waals surface area (Å²) in [5.41, 5.74) is -1.19. The van der Waals surface area contributed by atoms with Crippen molar-refractivity contribution in [3.63, 3.8) is 0 Å². The van der Waals surface area contributed by atoms with Crippen LogP contribution in [0.15, 0.2) is 27.4 Å². The number of rotatable bonds is 2. The van der Waals surface area contributed by atoms with Crippen molar-refractivity contribution >= 4 is 22.7 Å². The number of carbonyl (C=O) groups excluding carboxylic acids is 2. The first-order valence-corrected chi connectivity index (χ1v) is 8.79. The third-order valence-corrected chi connectivity index (χ3v) is 5.04. The summed E-state index contributed by atoms with van der Waals surface area (Å²) in [5.74, 6) is -8.18. The van der Waals surface area contributed by atoms with E-state index in [1.807, 2.05) is 0 Å². The molecule has 1 N–H and O–H groups in total. The van der Waals surface area contributed by atoms with Gasteiger partial charge in [0.2, 0.25) is 0 Å². The molecule has 3 aromatic rings. The van der Waals surface area contributed by atoms with Gasteiger partial charge in [0.25, 0.3) is 0 Å². The van der Waals surface area contributed by atoms with Gasteiger partial charge >= 0.3 is 11.6 Å². The van der Waals surface area contributed by atoms with Gasteiger partial charge in [-0.3, -0.25) is 9.59 Å². The summed E-state index contributed by atoms with van der Waals surface area (Å²) in [6.45, 7) is 2.63. The van der Waals surface area contributed by atoms with E-state index >= 15 is 0 Å². The SMILES string of the molecule is CC(=O)c1c2c(c3oc(=O)cc(C)c3c1O)[C@H](c1cc(F)c(F)c(F)c1)CC(=O)O2. The molecule has 0 amide bonds. The predicted octanol–water partition coefficient (Wildman–Crippen LogP) is 3.87. The lowest BCUT2D eigenvalue weighted by atomic mass is 9.82. The Hall–Kier alpha value is -3.62. The number of hydrogen-bond acceptors (Lipinski definition) is 6. The Labute approximate surface area is 166 Å². The fourth-order valence-corrected chi connectivity index (χ4v) is 3.80. The summed E-state index contributed by atoms with van der Waals surface area (Å²) >= 11 is 0. The normalized spacial score (nSPS) is 15.8. The van der Waals surface area contributed by atoms with E-state index in [1.165, 1.54) is 6.92 Å². The van der Waals surface area contributed by atoms with Crippen LogP contribution in [0.4, 0.5) is 13.2 Å². The zero-order chi connectivity index (χ0) is 21.9. The van der Waals surface area contributed by atoms with Crippen LogP contribution >= 0.6 is 0 Å². The van der Waals surface area contributed by atoms with Crippen molar-refractivity contribution in [2.45, 2.75) is 26.2 Å². The third-order valence-electron chi connectivity index (χ3n) is 5.04. The second-order valence-electron chi connectivity index (χ2n) is 7.00. The number of benzene rings is 2. The molecular weight excluding hydrogens is 405 g/mol. The smallest absolute Gasteiger partial charge is 0.336 e. The maximum Gasteiger partial charge on any atom is 0.336 e. The van der Waals surface area contributed by atoms with Gasteiger partial charge in [0.15, 0.2) is 29.0 Å². The number of carbonyl (C=O) groups is 2. The van der Waals surface area contributed by atoms with Crippen LogP contribution < -0.4 is 10.4 Å². The number of esters is 1. The summed E-state index contributed by atoms with van der Waals surface area (Å²) in [5, 5.41) is 10.7. The molecule has 6 nitrogen and oxygen atoms in total. The standard InChI is InChI=1S/C21H13F3O6/c1-7-3-13(26)29-20-15(7)19(28)16(8(2)25)21-17(20)10(6-14(27)30-21)9-4-11(22)18(24)12(23)5-9/h3-5,10,28H,6H2,1-2H3/t10-/m0/s1. The fourth-order valence-electron chi connectivity index (χ4n) is 3.80. The lowest BCUT2D eigenvalue weighted by Crippen LogP contribution is -2.24. The van der Waals surface area contributed by atoms with Crippen LogP contribution in [0.5, 0.6) is 11.5 Å². The molecule has 0 radical (unpaired) electrons. The molecule has 0 saturated heterocycles. The Morgan fingerprint density at radius 3 is 2.37 bits per heavy atom. The highest BCUT2D eigenvalue weighted by Gasteiger charge is 2.37. The Balaban J connectivity index is 2.18. The van der Waals surface area contributed by atoms with Crippen molar-refractivity contribution in [3.05, 3.63) is 68.3 Å². The number of ketones is 1. The van der Waals surface area contributed by atoms with Gasteiger partial charge in [0.1, 0.15) is 16.9 Å². The summed E-state index contributed by atoms with van der Waals surface area (Å²) < 4.78 is 51.7. The van der Waals surface area contributed by atoms with Gasteiger partial charge < -0.3 is 14.3 Å².